The van der Waals surface area contributed by atoms with Crippen molar-refractivity contribution in [1.29, 1.82) is 0 Å². The van der Waals surface area contributed by atoms with E-state index in [1.807, 2.05) is 0 Å². The van der Waals surface area contributed by atoms with E-state index < -0.39 is 7.25 Å². The zero-order valence-electron chi connectivity index (χ0n) is 13.6. The van der Waals surface area contributed by atoms with E-state index in [1.54, 1.807) is 0 Å². The molecule has 0 aliphatic heterocycles. The van der Waals surface area contributed by atoms with E-state index in [4.69, 9.17) is 0 Å². The van der Waals surface area contributed by atoms with Gasteiger partial charge in [-0.25, -0.2) is 0 Å². The van der Waals surface area contributed by atoms with Crippen molar-refractivity contribution in [3.63, 3.8) is 0 Å². The summed E-state index contributed by atoms with van der Waals surface area (Å²) >= 11 is -0.121. The van der Waals surface area contributed by atoms with Crippen LogP contribution in [0.4, 0.5) is 17.3 Å². The van der Waals surface area contributed by atoms with Crippen LogP contribution in [0, 0.1) is 7.14 Å². The fraction of sp³-hybridized carbons (Fsp3) is 0. The van der Waals surface area contributed by atoms with Crippen LogP contribution in [-0.4, -0.2) is 7.25 Å². The monoisotopic (exact) mass is 468 g/mol. The molecule has 0 N–H and O–H groups in total. The SMILES string of the molecule is F[B-](F)(F)F.c1ccc2cc([I+]c3ccc4ccccc4c3)ccc2c1. The molecule has 0 aromatic heterocycles. The molecular formula is C20H14BF4I. The summed E-state index contributed by atoms with van der Waals surface area (Å²) in [5.41, 5.74) is 0. The summed E-state index contributed by atoms with van der Waals surface area (Å²) in [5.74, 6) is 0. The highest BCUT2D eigenvalue weighted by molar-refractivity contribution is 6.50. The Hall–Kier alpha value is -2.09. The Morgan fingerprint density at radius 2 is 0.846 bits per heavy atom. The number of benzene rings is 4. The van der Waals surface area contributed by atoms with Crippen LogP contribution in [0.3, 0.4) is 0 Å². The molecule has 0 saturated carbocycles. The van der Waals surface area contributed by atoms with Gasteiger partial charge in [0.2, 0.25) is 0 Å². The second kappa shape index (κ2) is 8.08. The van der Waals surface area contributed by atoms with E-state index in [9.17, 15) is 17.3 Å². The highest BCUT2D eigenvalue weighted by atomic mass is 127. The molecule has 26 heavy (non-hydrogen) atoms. The highest BCUT2D eigenvalue weighted by Gasteiger charge is 2.20. The van der Waals surface area contributed by atoms with Gasteiger partial charge in [0.1, 0.15) is 0 Å². The van der Waals surface area contributed by atoms with Gasteiger partial charge < -0.3 is 17.3 Å². The van der Waals surface area contributed by atoms with Gasteiger partial charge in [-0.05, 0) is 57.9 Å². The summed E-state index contributed by atoms with van der Waals surface area (Å²) < 4.78 is 41.9. The van der Waals surface area contributed by atoms with Crippen LogP contribution in [0.25, 0.3) is 21.5 Å². The van der Waals surface area contributed by atoms with Gasteiger partial charge >= 0.3 is 28.5 Å². The lowest BCUT2D eigenvalue weighted by Gasteiger charge is -1.97. The molecule has 0 saturated heterocycles. The average Bonchev–Trinajstić information content (AvgIpc) is 2.60. The Morgan fingerprint density at radius 1 is 0.500 bits per heavy atom. The molecule has 0 amide bonds. The lowest BCUT2D eigenvalue weighted by atomic mass is 10.1. The second-order valence-electron chi connectivity index (χ2n) is 5.57. The van der Waals surface area contributed by atoms with Gasteiger partial charge in [-0.15, -0.1) is 0 Å². The molecule has 0 fully saturated rings. The first kappa shape index (κ1) is 18.7. The molecule has 132 valence electrons. The Kier molecular flexibility index (Phi) is 5.81. The molecule has 6 heteroatoms. The van der Waals surface area contributed by atoms with Gasteiger partial charge in [0.15, 0.2) is 7.14 Å². The summed E-state index contributed by atoms with van der Waals surface area (Å²) in [5, 5.41) is 5.33. The summed E-state index contributed by atoms with van der Waals surface area (Å²) in [6.07, 6.45) is 0. The first-order valence-corrected chi connectivity index (χ1v) is 10.0. The maximum absolute atomic E-state index is 9.75. The third kappa shape index (κ3) is 5.46. The molecule has 0 unspecified atom stereocenters. The molecule has 0 aliphatic carbocycles. The molecule has 4 aromatic carbocycles. The molecular weight excluding hydrogens is 454 g/mol. The van der Waals surface area contributed by atoms with Crippen LogP contribution in [0.15, 0.2) is 84.9 Å². The van der Waals surface area contributed by atoms with Crippen molar-refractivity contribution in [1.82, 2.24) is 0 Å². The quantitative estimate of drug-likeness (QED) is 0.241. The first-order chi connectivity index (χ1) is 12.4. The summed E-state index contributed by atoms with van der Waals surface area (Å²) in [6, 6.07) is 30.9. The summed E-state index contributed by atoms with van der Waals surface area (Å²) in [6.45, 7) is 0. The van der Waals surface area contributed by atoms with Crippen LogP contribution < -0.4 is 21.2 Å². The van der Waals surface area contributed by atoms with Crippen LogP contribution in [0.2, 0.25) is 0 Å². The van der Waals surface area contributed by atoms with Gasteiger partial charge in [-0.1, -0.05) is 48.5 Å². The first-order valence-electron chi connectivity index (χ1n) is 7.88. The number of halogens is 5. The minimum Gasteiger partial charge on any atom is -0.418 e. The van der Waals surface area contributed by atoms with E-state index >= 15 is 0 Å². The molecule has 4 aromatic rings. The standard InChI is InChI=1S/C20H14I.BF4/c1-3-7-17-13-19(11-9-15(17)5-1)21-20-12-10-16-6-2-4-8-18(16)14-20;2-1(3,4)5/h1-14H;/q+1;-1. The fourth-order valence-corrected chi connectivity index (χ4v) is 4.98. The van der Waals surface area contributed by atoms with Crippen molar-refractivity contribution < 1.29 is 38.5 Å². The maximum atomic E-state index is 9.75. The van der Waals surface area contributed by atoms with Crippen molar-refractivity contribution in [2.75, 3.05) is 0 Å². The van der Waals surface area contributed by atoms with Gasteiger partial charge in [-0.2, -0.15) is 0 Å². The van der Waals surface area contributed by atoms with Crippen LogP contribution >= 0.6 is 0 Å². The smallest absolute Gasteiger partial charge is 0.418 e. The highest BCUT2D eigenvalue weighted by Crippen LogP contribution is 2.13. The van der Waals surface area contributed by atoms with Crippen molar-refractivity contribution in [3.8, 4) is 0 Å². The van der Waals surface area contributed by atoms with Crippen LogP contribution in [0.5, 0.6) is 0 Å². The Labute approximate surface area is 159 Å². The average molecular weight is 468 g/mol. The lowest BCUT2D eigenvalue weighted by Crippen LogP contribution is -3.61. The van der Waals surface area contributed by atoms with Gasteiger partial charge in [0.25, 0.3) is 0 Å². The summed E-state index contributed by atoms with van der Waals surface area (Å²) in [7, 11) is -6.00. The zero-order valence-corrected chi connectivity index (χ0v) is 15.7. The minimum absolute atomic E-state index is 0.121. The van der Waals surface area contributed by atoms with Gasteiger partial charge in [0, 0.05) is 0 Å². The van der Waals surface area contributed by atoms with E-state index in [0.29, 0.717) is 0 Å². The molecule has 0 radical (unpaired) electrons. The minimum atomic E-state index is -6.00. The van der Waals surface area contributed by atoms with Crippen LogP contribution in [0.1, 0.15) is 0 Å². The predicted molar refractivity (Wildman–Crippen MR) is 95.5 cm³/mol. The molecule has 0 bridgehead atoms. The summed E-state index contributed by atoms with van der Waals surface area (Å²) in [4.78, 5) is 0. The number of hydrogen-bond acceptors (Lipinski definition) is 0. The number of rotatable bonds is 2. The number of fused-ring (bicyclic) bond motifs is 2. The molecule has 0 spiro atoms. The third-order valence-corrected chi connectivity index (χ3v) is 6.23. The normalized spacial score (nSPS) is 11.2. The van der Waals surface area contributed by atoms with Crippen molar-refractivity contribution in [2.45, 2.75) is 0 Å². The van der Waals surface area contributed by atoms with Gasteiger partial charge in [0.05, 0.1) is 0 Å². The Morgan fingerprint density at radius 3 is 1.23 bits per heavy atom. The molecule has 0 atom stereocenters. The number of hydrogen-bond donors (Lipinski definition) is 0. The Bertz CT molecular complexity index is 947. The largest absolute Gasteiger partial charge is 0.673 e. The van der Waals surface area contributed by atoms with Crippen molar-refractivity contribution in [2.24, 2.45) is 0 Å². The third-order valence-electron chi connectivity index (χ3n) is 3.64. The fourth-order valence-electron chi connectivity index (χ4n) is 2.56. The van der Waals surface area contributed by atoms with Crippen molar-refractivity contribution in [3.05, 3.63) is 92.1 Å². The lowest BCUT2D eigenvalue weighted by molar-refractivity contribution is -0.597. The zero-order chi connectivity index (χ0) is 18.6. The molecule has 4 rings (SSSR count). The Balaban J connectivity index is 0.000000349. The van der Waals surface area contributed by atoms with Crippen molar-refractivity contribution >= 4 is 28.8 Å². The van der Waals surface area contributed by atoms with E-state index in [2.05, 4.69) is 84.9 Å². The molecule has 0 nitrogen and oxygen atoms in total. The topological polar surface area (TPSA) is 0 Å². The second-order valence-corrected chi connectivity index (χ2v) is 8.60. The molecule has 0 heterocycles. The maximum Gasteiger partial charge on any atom is 0.673 e. The molecule has 0 aliphatic rings. The van der Waals surface area contributed by atoms with E-state index in [0.717, 1.165) is 0 Å². The van der Waals surface area contributed by atoms with E-state index in [-0.39, 0.29) is 21.2 Å². The predicted octanol–water partition coefficient (Wildman–Crippen LogP) is 3.42. The van der Waals surface area contributed by atoms with E-state index in [1.165, 1.54) is 28.7 Å². The van der Waals surface area contributed by atoms with Gasteiger partial charge in [-0.3, -0.25) is 0 Å². The van der Waals surface area contributed by atoms with Crippen LogP contribution in [-0.2, 0) is 0 Å².